The number of hydrogen-bond acceptors (Lipinski definition) is 5. The molecule has 1 atom stereocenters. The van der Waals surface area contributed by atoms with Crippen LogP contribution in [0.25, 0.3) is 0 Å². The summed E-state index contributed by atoms with van der Waals surface area (Å²) in [4.78, 5) is 14.2. The van der Waals surface area contributed by atoms with Gasteiger partial charge in [0.2, 0.25) is 0 Å². The van der Waals surface area contributed by atoms with Gasteiger partial charge in [0.05, 0.1) is 18.3 Å². The molecule has 0 fully saturated rings. The van der Waals surface area contributed by atoms with Crippen molar-refractivity contribution in [3.8, 4) is 0 Å². The Kier molecular flexibility index (Phi) is 5.38. The molecule has 0 aliphatic rings. The number of nitrogens with one attached hydrogen (secondary N) is 2. The Morgan fingerprint density at radius 2 is 2.17 bits per heavy atom. The number of aromatic nitrogens is 3. The van der Waals surface area contributed by atoms with Gasteiger partial charge in [-0.15, -0.1) is 0 Å². The average Bonchev–Trinajstić information content (AvgIpc) is 3.03. The predicted molar refractivity (Wildman–Crippen MR) is 87.3 cm³/mol. The Labute approximate surface area is 135 Å². The second-order valence-corrected chi connectivity index (χ2v) is 5.83. The van der Waals surface area contributed by atoms with E-state index in [0.29, 0.717) is 11.6 Å². The van der Waals surface area contributed by atoms with Crippen LogP contribution in [0.1, 0.15) is 30.0 Å². The van der Waals surface area contributed by atoms with E-state index >= 15 is 0 Å². The first-order valence-electron chi connectivity index (χ1n) is 7.55. The molecule has 0 saturated carbocycles. The molecule has 2 heterocycles. The molecule has 2 aromatic rings. The molecule has 0 aliphatic heterocycles. The second-order valence-electron chi connectivity index (χ2n) is 5.83. The van der Waals surface area contributed by atoms with E-state index in [0.717, 1.165) is 24.3 Å². The third-order valence-electron chi connectivity index (χ3n) is 3.53. The molecule has 8 nitrogen and oxygen atoms in total. The van der Waals surface area contributed by atoms with E-state index in [9.17, 15) is 4.79 Å². The van der Waals surface area contributed by atoms with Gasteiger partial charge < -0.3 is 14.7 Å². The first kappa shape index (κ1) is 17.0. The SMILES string of the molecule is Cc1noc(C)c1[C@H](C)NC(=O)Nc1ccn(CCN(C)C)n1. The van der Waals surface area contributed by atoms with Crippen LogP contribution in [-0.2, 0) is 6.54 Å². The fourth-order valence-corrected chi connectivity index (χ4v) is 2.38. The molecule has 0 radical (unpaired) electrons. The van der Waals surface area contributed by atoms with E-state index in [4.69, 9.17) is 4.52 Å². The van der Waals surface area contributed by atoms with Crippen molar-refractivity contribution in [3.05, 3.63) is 29.3 Å². The van der Waals surface area contributed by atoms with Crippen LogP contribution in [0, 0.1) is 13.8 Å². The van der Waals surface area contributed by atoms with Gasteiger partial charge in [-0.2, -0.15) is 5.10 Å². The molecule has 0 spiro atoms. The molecular formula is C15H24N6O2. The van der Waals surface area contributed by atoms with Crippen molar-refractivity contribution in [2.45, 2.75) is 33.4 Å². The number of anilines is 1. The van der Waals surface area contributed by atoms with Gasteiger partial charge in [0.1, 0.15) is 5.76 Å². The number of aryl methyl sites for hydroxylation is 2. The molecule has 2 amide bonds. The summed E-state index contributed by atoms with van der Waals surface area (Å²) < 4.78 is 6.92. The highest BCUT2D eigenvalue weighted by atomic mass is 16.5. The molecule has 2 rings (SSSR count). The summed E-state index contributed by atoms with van der Waals surface area (Å²) in [5.41, 5.74) is 1.68. The number of rotatable bonds is 6. The maximum atomic E-state index is 12.1. The smallest absolute Gasteiger partial charge is 0.320 e. The van der Waals surface area contributed by atoms with E-state index in [2.05, 4.69) is 25.8 Å². The van der Waals surface area contributed by atoms with Gasteiger partial charge in [-0.3, -0.25) is 10.00 Å². The number of amides is 2. The number of likely N-dealkylation sites (N-methyl/N-ethyl adjacent to an activating group) is 1. The fourth-order valence-electron chi connectivity index (χ4n) is 2.38. The van der Waals surface area contributed by atoms with Crippen LogP contribution in [0.2, 0.25) is 0 Å². The fraction of sp³-hybridized carbons (Fsp3) is 0.533. The monoisotopic (exact) mass is 320 g/mol. The summed E-state index contributed by atoms with van der Waals surface area (Å²) in [5.74, 6) is 1.23. The molecule has 0 saturated heterocycles. The van der Waals surface area contributed by atoms with Crippen LogP contribution in [0.3, 0.4) is 0 Å². The van der Waals surface area contributed by atoms with Crippen molar-refractivity contribution in [2.75, 3.05) is 26.0 Å². The molecule has 2 aromatic heterocycles. The van der Waals surface area contributed by atoms with Crippen LogP contribution in [-0.4, -0.2) is 46.5 Å². The van der Waals surface area contributed by atoms with E-state index in [-0.39, 0.29) is 12.1 Å². The maximum absolute atomic E-state index is 12.1. The molecule has 0 unspecified atom stereocenters. The molecule has 0 bridgehead atoms. The molecule has 23 heavy (non-hydrogen) atoms. The zero-order valence-corrected chi connectivity index (χ0v) is 14.3. The Bertz CT molecular complexity index is 641. The highest BCUT2D eigenvalue weighted by Gasteiger charge is 2.18. The number of hydrogen-bond donors (Lipinski definition) is 2. The van der Waals surface area contributed by atoms with Crippen LogP contribution in [0.15, 0.2) is 16.8 Å². The summed E-state index contributed by atoms with van der Waals surface area (Å²) in [6, 6.07) is 1.27. The predicted octanol–water partition coefficient (Wildman–Crippen LogP) is 1.93. The highest BCUT2D eigenvalue weighted by Crippen LogP contribution is 2.20. The minimum atomic E-state index is -0.310. The lowest BCUT2D eigenvalue weighted by Gasteiger charge is -2.13. The number of urea groups is 1. The summed E-state index contributed by atoms with van der Waals surface area (Å²) in [5, 5.41) is 13.8. The van der Waals surface area contributed by atoms with Crippen LogP contribution in [0.5, 0.6) is 0 Å². The zero-order valence-electron chi connectivity index (χ0n) is 14.3. The maximum Gasteiger partial charge on any atom is 0.320 e. The number of carbonyl (C=O) groups is 1. The molecule has 126 valence electrons. The first-order valence-corrected chi connectivity index (χ1v) is 7.55. The highest BCUT2D eigenvalue weighted by molar-refractivity contribution is 5.88. The standard InChI is InChI=1S/C15H24N6O2/c1-10(14-11(2)19-23-12(14)3)16-15(22)17-13-6-7-21(18-13)9-8-20(4)5/h6-7,10H,8-9H2,1-5H3,(H2,16,17,18,22)/t10-/m0/s1. The minimum Gasteiger partial charge on any atom is -0.361 e. The van der Waals surface area contributed by atoms with Crippen LogP contribution < -0.4 is 10.6 Å². The topological polar surface area (TPSA) is 88.2 Å². The zero-order chi connectivity index (χ0) is 17.0. The Morgan fingerprint density at radius 1 is 1.43 bits per heavy atom. The quantitative estimate of drug-likeness (QED) is 0.849. The van der Waals surface area contributed by atoms with E-state index < -0.39 is 0 Å². The van der Waals surface area contributed by atoms with Crippen molar-refractivity contribution < 1.29 is 9.32 Å². The van der Waals surface area contributed by atoms with Crippen molar-refractivity contribution in [1.29, 1.82) is 0 Å². The molecule has 2 N–H and O–H groups in total. The van der Waals surface area contributed by atoms with Crippen molar-refractivity contribution in [3.63, 3.8) is 0 Å². The Balaban J connectivity index is 1.90. The minimum absolute atomic E-state index is 0.197. The lowest BCUT2D eigenvalue weighted by molar-refractivity contribution is 0.249. The Hall–Kier alpha value is -2.35. The lowest BCUT2D eigenvalue weighted by Crippen LogP contribution is -2.31. The van der Waals surface area contributed by atoms with Gasteiger partial charge in [0, 0.05) is 24.4 Å². The van der Waals surface area contributed by atoms with Gasteiger partial charge in [-0.25, -0.2) is 4.79 Å². The number of carbonyl (C=O) groups excluding carboxylic acids is 1. The van der Waals surface area contributed by atoms with E-state index in [1.54, 1.807) is 10.7 Å². The van der Waals surface area contributed by atoms with Gasteiger partial charge in [0.25, 0.3) is 0 Å². The van der Waals surface area contributed by atoms with Crippen molar-refractivity contribution in [1.82, 2.24) is 25.2 Å². The summed E-state index contributed by atoms with van der Waals surface area (Å²) >= 11 is 0. The molecule has 8 heteroatoms. The third-order valence-corrected chi connectivity index (χ3v) is 3.53. The largest absolute Gasteiger partial charge is 0.361 e. The van der Waals surface area contributed by atoms with Gasteiger partial charge in [-0.1, -0.05) is 5.16 Å². The lowest BCUT2D eigenvalue weighted by atomic mass is 10.1. The summed E-state index contributed by atoms with van der Waals surface area (Å²) in [7, 11) is 4.01. The van der Waals surface area contributed by atoms with Gasteiger partial charge in [0.15, 0.2) is 5.82 Å². The van der Waals surface area contributed by atoms with Crippen LogP contribution >= 0.6 is 0 Å². The summed E-state index contributed by atoms with van der Waals surface area (Å²) in [6.07, 6.45) is 1.84. The average molecular weight is 320 g/mol. The summed E-state index contributed by atoms with van der Waals surface area (Å²) in [6.45, 7) is 7.23. The normalized spacial score (nSPS) is 12.4. The third kappa shape index (κ3) is 4.56. The molecule has 0 aromatic carbocycles. The van der Waals surface area contributed by atoms with E-state index in [1.807, 2.05) is 41.1 Å². The Morgan fingerprint density at radius 3 is 2.78 bits per heavy atom. The van der Waals surface area contributed by atoms with Gasteiger partial charge >= 0.3 is 6.03 Å². The van der Waals surface area contributed by atoms with Crippen LogP contribution in [0.4, 0.5) is 10.6 Å². The molecular weight excluding hydrogens is 296 g/mol. The van der Waals surface area contributed by atoms with E-state index in [1.165, 1.54) is 0 Å². The van der Waals surface area contributed by atoms with Crippen molar-refractivity contribution in [2.24, 2.45) is 0 Å². The molecule has 0 aliphatic carbocycles. The number of nitrogens with zero attached hydrogens (tertiary/aromatic N) is 4. The van der Waals surface area contributed by atoms with Gasteiger partial charge in [-0.05, 0) is 34.9 Å². The first-order chi connectivity index (χ1) is 10.9. The van der Waals surface area contributed by atoms with Crippen molar-refractivity contribution >= 4 is 11.8 Å². The second kappa shape index (κ2) is 7.28.